The van der Waals surface area contributed by atoms with Crippen LogP contribution in [-0.4, -0.2) is 11.8 Å². The molecule has 2 aliphatic rings. The van der Waals surface area contributed by atoms with E-state index in [2.05, 4.69) is 13.0 Å². The fourth-order valence-corrected chi connectivity index (χ4v) is 2.43. The molecule has 0 radical (unpaired) electrons. The maximum absolute atomic E-state index is 14.3. The maximum atomic E-state index is 14.3. The summed E-state index contributed by atoms with van der Waals surface area (Å²) in [6.45, 7) is 7.44. The highest BCUT2D eigenvalue weighted by atomic mass is 19.1. The molecule has 1 aliphatic heterocycles. The topological polar surface area (TPSA) is 9.23 Å². The van der Waals surface area contributed by atoms with E-state index >= 15 is 0 Å². The molecule has 0 amide bonds. The minimum absolute atomic E-state index is 0.156. The lowest BCUT2D eigenvalue weighted by atomic mass is 9.86. The third kappa shape index (κ3) is 1.90. The van der Waals surface area contributed by atoms with Crippen LogP contribution in [0.5, 0.6) is 0 Å². The summed E-state index contributed by atoms with van der Waals surface area (Å²) in [4.78, 5) is 0. The molecule has 1 saturated carbocycles. The van der Waals surface area contributed by atoms with Crippen molar-refractivity contribution in [2.75, 3.05) is 0 Å². The van der Waals surface area contributed by atoms with Crippen LogP contribution in [0.25, 0.3) is 0 Å². The zero-order valence-electron chi connectivity index (χ0n) is 10.6. The first-order chi connectivity index (χ1) is 7.35. The monoisotopic (exact) mass is 224 g/mol. The molecule has 0 aromatic heterocycles. The van der Waals surface area contributed by atoms with Crippen LogP contribution in [0.15, 0.2) is 23.5 Å². The molecule has 16 heavy (non-hydrogen) atoms. The van der Waals surface area contributed by atoms with Crippen molar-refractivity contribution in [3.05, 3.63) is 23.5 Å². The average Bonchev–Trinajstić information content (AvgIpc) is 2.91. The quantitative estimate of drug-likeness (QED) is 0.684. The van der Waals surface area contributed by atoms with Crippen molar-refractivity contribution in [1.82, 2.24) is 0 Å². The van der Waals surface area contributed by atoms with Crippen LogP contribution in [-0.2, 0) is 4.74 Å². The van der Waals surface area contributed by atoms with E-state index in [1.54, 1.807) is 13.8 Å². The highest BCUT2D eigenvalue weighted by Crippen LogP contribution is 2.61. The molecule has 0 aromatic rings. The fourth-order valence-electron chi connectivity index (χ4n) is 2.43. The van der Waals surface area contributed by atoms with Crippen LogP contribution in [0.2, 0.25) is 0 Å². The van der Waals surface area contributed by atoms with E-state index in [4.69, 9.17) is 4.74 Å². The first-order valence-electron chi connectivity index (χ1n) is 6.10. The van der Waals surface area contributed by atoms with Gasteiger partial charge in [-0.2, -0.15) is 0 Å². The van der Waals surface area contributed by atoms with Crippen molar-refractivity contribution in [3.8, 4) is 0 Å². The van der Waals surface area contributed by atoms with E-state index in [1.165, 1.54) is 5.57 Å². The van der Waals surface area contributed by atoms with E-state index in [0.717, 1.165) is 25.0 Å². The molecule has 2 rings (SSSR count). The van der Waals surface area contributed by atoms with Gasteiger partial charge in [0.25, 0.3) is 0 Å². The number of halogens is 1. The van der Waals surface area contributed by atoms with Gasteiger partial charge in [-0.25, -0.2) is 4.39 Å². The lowest BCUT2D eigenvalue weighted by Gasteiger charge is -2.30. The van der Waals surface area contributed by atoms with Crippen molar-refractivity contribution in [2.45, 2.75) is 58.7 Å². The van der Waals surface area contributed by atoms with Crippen molar-refractivity contribution < 1.29 is 9.13 Å². The zero-order valence-corrected chi connectivity index (χ0v) is 10.6. The number of ether oxygens (including phenoxy) is 1. The minimum atomic E-state index is -1.19. The molecule has 0 saturated heterocycles. The van der Waals surface area contributed by atoms with Gasteiger partial charge in [0.1, 0.15) is 11.4 Å². The molecule has 2 heteroatoms. The van der Waals surface area contributed by atoms with E-state index in [-0.39, 0.29) is 11.5 Å². The fraction of sp³-hybridized carbons (Fsp3) is 0.714. The third-order valence-corrected chi connectivity index (χ3v) is 3.82. The first-order valence-corrected chi connectivity index (χ1v) is 6.10. The van der Waals surface area contributed by atoms with Crippen molar-refractivity contribution in [1.29, 1.82) is 0 Å². The number of hydrogen-bond acceptors (Lipinski definition) is 1. The van der Waals surface area contributed by atoms with E-state index < -0.39 is 5.67 Å². The maximum Gasteiger partial charge on any atom is 0.118 e. The standard InChI is InChI=1S/C14H21FO/c1-10-5-6-11(2)16-12(9-10)14(7-8-14)13(3,4)15/h5,9,11H,6-8H2,1-4H3. The van der Waals surface area contributed by atoms with Gasteiger partial charge < -0.3 is 4.74 Å². The first kappa shape index (κ1) is 11.7. The molecule has 90 valence electrons. The largest absolute Gasteiger partial charge is 0.494 e. The van der Waals surface area contributed by atoms with Gasteiger partial charge in [-0.3, -0.25) is 0 Å². The second-order valence-corrected chi connectivity index (χ2v) is 5.68. The molecule has 0 spiro atoms. The predicted octanol–water partition coefficient (Wildman–Crippen LogP) is 4.15. The summed E-state index contributed by atoms with van der Waals surface area (Å²) >= 11 is 0. The Labute approximate surface area is 97.4 Å². The number of alkyl halides is 1. The average molecular weight is 224 g/mol. The molecule has 0 N–H and O–H groups in total. The van der Waals surface area contributed by atoms with Crippen LogP contribution in [0.3, 0.4) is 0 Å². The van der Waals surface area contributed by atoms with Crippen LogP contribution in [0.4, 0.5) is 4.39 Å². The Balaban J connectivity index is 2.30. The van der Waals surface area contributed by atoms with E-state index in [0.29, 0.717) is 0 Å². The van der Waals surface area contributed by atoms with E-state index in [9.17, 15) is 4.39 Å². The predicted molar refractivity (Wildman–Crippen MR) is 63.9 cm³/mol. The summed E-state index contributed by atoms with van der Waals surface area (Å²) in [7, 11) is 0. The Hall–Kier alpha value is -0.790. The second-order valence-electron chi connectivity index (χ2n) is 5.68. The van der Waals surface area contributed by atoms with Gasteiger partial charge in [-0.05, 0) is 46.6 Å². The van der Waals surface area contributed by atoms with Gasteiger partial charge in [0.2, 0.25) is 0 Å². The molecule has 1 fully saturated rings. The lowest BCUT2D eigenvalue weighted by Crippen LogP contribution is -2.31. The summed E-state index contributed by atoms with van der Waals surface area (Å²) in [6.07, 6.45) is 7.07. The smallest absolute Gasteiger partial charge is 0.118 e. The Morgan fingerprint density at radius 1 is 1.44 bits per heavy atom. The summed E-state index contributed by atoms with van der Waals surface area (Å²) in [5.74, 6) is 0.860. The van der Waals surface area contributed by atoms with Gasteiger partial charge >= 0.3 is 0 Å². The zero-order chi connectivity index (χ0) is 12.0. The van der Waals surface area contributed by atoms with Gasteiger partial charge in [-0.15, -0.1) is 0 Å². The normalized spacial score (nSPS) is 28.7. The highest BCUT2D eigenvalue weighted by Gasteiger charge is 2.59. The Kier molecular flexibility index (Phi) is 2.64. The van der Waals surface area contributed by atoms with Crippen LogP contribution in [0.1, 0.15) is 47.0 Å². The molecule has 1 atom stereocenters. The Bertz CT molecular complexity index is 342. The van der Waals surface area contributed by atoms with Crippen LogP contribution >= 0.6 is 0 Å². The summed E-state index contributed by atoms with van der Waals surface area (Å²) in [5, 5.41) is 0. The molecule has 1 nitrogen and oxygen atoms in total. The molecule has 1 aliphatic carbocycles. The summed E-state index contributed by atoms with van der Waals surface area (Å²) < 4.78 is 20.2. The van der Waals surface area contributed by atoms with Gasteiger partial charge in [0.15, 0.2) is 0 Å². The lowest BCUT2D eigenvalue weighted by molar-refractivity contribution is 0.0406. The van der Waals surface area contributed by atoms with Crippen molar-refractivity contribution >= 4 is 0 Å². The number of hydrogen-bond donors (Lipinski definition) is 0. The molecule has 1 unspecified atom stereocenters. The molecule has 0 bridgehead atoms. The van der Waals surface area contributed by atoms with Gasteiger partial charge in [0.05, 0.1) is 11.5 Å². The number of rotatable bonds is 2. The second kappa shape index (κ2) is 3.61. The minimum Gasteiger partial charge on any atom is -0.494 e. The molecular weight excluding hydrogens is 203 g/mol. The van der Waals surface area contributed by atoms with E-state index in [1.807, 2.05) is 13.0 Å². The van der Waals surface area contributed by atoms with Gasteiger partial charge in [0, 0.05) is 6.42 Å². The van der Waals surface area contributed by atoms with Crippen LogP contribution in [0, 0.1) is 5.41 Å². The number of allylic oxidation sites excluding steroid dienone is 3. The van der Waals surface area contributed by atoms with Crippen molar-refractivity contribution in [2.24, 2.45) is 5.41 Å². The highest BCUT2D eigenvalue weighted by molar-refractivity contribution is 5.31. The summed E-state index contributed by atoms with van der Waals surface area (Å²) in [6, 6.07) is 0. The molecule has 1 heterocycles. The molecule has 0 aromatic carbocycles. The Morgan fingerprint density at radius 3 is 2.56 bits per heavy atom. The SMILES string of the molecule is CC1=CCC(C)OC(C2(C(C)(C)F)CC2)=C1. The van der Waals surface area contributed by atoms with Crippen LogP contribution < -0.4 is 0 Å². The molecular formula is C14H21FO. The van der Waals surface area contributed by atoms with Crippen molar-refractivity contribution in [3.63, 3.8) is 0 Å². The third-order valence-electron chi connectivity index (χ3n) is 3.82. The van der Waals surface area contributed by atoms with Gasteiger partial charge in [-0.1, -0.05) is 11.6 Å². The summed E-state index contributed by atoms with van der Waals surface area (Å²) in [5.41, 5.74) is -0.362. The Morgan fingerprint density at radius 2 is 2.06 bits per heavy atom.